The fourth-order valence-electron chi connectivity index (χ4n) is 2.04. The third-order valence-electron chi connectivity index (χ3n) is 2.90. The molecule has 1 aromatic heterocycles. The molecule has 0 saturated heterocycles. The lowest BCUT2D eigenvalue weighted by atomic mass is 9.86. The van der Waals surface area contributed by atoms with Gasteiger partial charge in [0.1, 0.15) is 5.75 Å². The Balaban J connectivity index is 2.34. The van der Waals surface area contributed by atoms with Crippen LogP contribution < -0.4 is 10.5 Å². The lowest BCUT2D eigenvalue weighted by molar-refractivity contribution is -0.122. The number of nitrogens with zero attached hydrogens (tertiary/aromatic N) is 1. The minimum Gasteiger partial charge on any atom is -0.496 e. The maximum Gasteiger partial charge on any atom is 0.220 e. The fraction of sp³-hybridized carbons (Fsp3) is 0.455. The van der Waals surface area contributed by atoms with E-state index in [0.717, 1.165) is 29.8 Å². The van der Waals surface area contributed by atoms with E-state index in [4.69, 9.17) is 10.5 Å². The lowest BCUT2D eigenvalue weighted by Crippen LogP contribution is -2.29. The lowest BCUT2D eigenvalue weighted by Gasteiger charge is -2.22. The Morgan fingerprint density at radius 2 is 2.47 bits per heavy atom. The average molecular weight is 206 g/mol. The van der Waals surface area contributed by atoms with Crippen LogP contribution in [-0.2, 0) is 17.6 Å². The molecule has 1 atom stereocenters. The van der Waals surface area contributed by atoms with Crippen molar-refractivity contribution in [3.05, 3.63) is 23.5 Å². The predicted molar refractivity (Wildman–Crippen MR) is 55.5 cm³/mol. The summed E-state index contributed by atoms with van der Waals surface area (Å²) >= 11 is 0. The SMILES string of the molecule is COc1ccnc2c1CC(C(N)=O)CC2. The van der Waals surface area contributed by atoms with Gasteiger partial charge < -0.3 is 10.5 Å². The zero-order valence-corrected chi connectivity index (χ0v) is 8.69. The van der Waals surface area contributed by atoms with Crippen molar-refractivity contribution in [2.24, 2.45) is 11.7 Å². The molecule has 0 aliphatic heterocycles. The van der Waals surface area contributed by atoms with Crippen LogP contribution in [0.2, 0.25) is 0 Å². The molecular formula is C11H14N2O2. The second kappa shape index (κ2) is 3.88. The van der Waals surface area contributed by atoms with E-state index in [1.807, 2.05) is 6.07 Å². The van der Waals surface area contributed by atoms with Crippen molar-refractivity contribution in [3.63, 3.8) is 0 Å². The number of hydrogen-bond acceptors (Lipinski definition) is 3. The Morgan fingerprint density at radius 1 is 1.67 bits per heavy atom. The monoisotopic (exact) mass is 206 g/mol. The van der Waals surface area contributed by atoms with Gasteiger partial charge in [0.25, 0.3) is 0 Å². The Bertz CT molecular complexity index is 376. The Hall–Kier alpha value is -1.58. The molecule has 0 radical (unpaired) electrons. The molecule has 80 valence electrons. The molecule has 0 aromatic carbocycles. The van der Waals surface area contributed by atoms with E-state index in [1.54, 1.807) is 13.3 Å². The summed E-state index contributed by atoms with van der Waals surface area (Å²) in [4.78, 5) is 15.4. The van der Waals surface area contributed by atoms with Crippen LogP contribution in [0.4, 0.5) is 0 Å². The number of ether oxygens (including phenoxy) is 1. The fourth-order valence-corrected chi connectivity index (χ4v) is 2.04. The molecule has 0 saturated carbocycles. The van der Waals surface area contributed by atoms with Crippen molar-refractivity contribution in [1.29, 1.82) is 0 Å². The van der Waals surface area contributed by atoms with Crippen LogP contribution >= 0.6 is 0 Å². The predicted octanol–water partition coefficient (Wildman–Crippen LogP) is 0.680. The van der Waals surface area contributed by atoms with Crippen molar-refractivity contribution in [2.45, 2.75) is 19.3 Å². The van der Waals surface area contributed by atoms with Crippen LogP contribution in [0, 0.1) is 5.92 Å². The molecule has 0 spiro atoms. The van der Waals surface area contributed by atoms with Crippen LogP contribution in [0.25, 0.3) is 0 Å². The van der Waals surface area contributed by atoms with Gasteiger partial charge in [0.05, 0.1) is 7.11 Å². The maximum absolute atomic E-state index is 11.1. The molecule has 1 aromatic rings. The van der Waals surface area contributed by atoms with Gasteiger partial charge in [-0.25, -0.2) is 0 Å². The maximum atomic E-state index is 11.1. The van der Waals surface area contributed by atoms with Crippen LogP contribution in [0.5, 0.6) is 5.75 Å². The summed E-state index contributed by atoms with van der Waals surface area (Å²) < 4.78 is 5.25. The van der Waals surface area contributed by atoms with E-state index in [-0.39, 0.29) is 11.8 Å². The Labute approximate surface area is 88.4 Å². The van der Waals surface area contributed by atoms with E-state index in [1.165, 1.54) is 0 Å². The first-order valence-electron chi connectivity index (χ1n) is 5.02. The van der Waals surface area contributed by atoms with Crippen molar-refractivity contribution in [1.82, 2.24) is 4.98 Å². The summed E-state index contributed by atoms with van der Waals surface area (Å²) in [5, 5.41) is 0. The summed E-state index contributed by atoms with van der Waals surface area (Å²) in [6.07, 6.45) is 3.99. The number of aromatic nitrogens is 1. The summed E-state index contributed by atoms with van der Waals surface area (Å²) in [5.74, 6) is 0.508. The highest BCUT2D eigenvalue weighted by Crippen LogP contribution is 2.30. The van der Waals surface area contributed by atoms with E-state index < -0.39 is 0 Å². The van der Waals surface area contributed by atoms with E-state index >= 15 is 0 Å². The van der Waals surface area contributed by atoms with E-state index in [9.17, 15) is 4.79 Å². The van der Waals surface area contributed by atoms with Gasteiger partial charge in [-0.1, -0.05) is 0 Å². The number of primary amides is 1. The minimum absolute atomic E-state index is 0.0735. The molecule has 1 aliphatic rings. The zero-order valence-electron chi connectivity index (χ0n) is 8.69. The number of hydrogen-bond donors (Lipinski definition) is 1. The van der Waals surface area contributed by atoms with Gasteiger partial charge in [0, 0.05) is 23.4 Å². The molecule has 1 amide bonds. The second-order valence-corrected chi connectivity index (χ2v) is 3.78. The molecule has 1 heterocycles. The summed E-state index contributed by atoms with van der Waals surface area (Å²) in [6, 6.07) is 1.82. The third-order valence-corrected chi connectivity index (χ3v) is 2.90. The van der Waals surface area contributed by atoms with Crippen molar-refractivity contribution in [3.8, 4) is 5.75 Å². The highest BCUT2D eigenvalue weighted by Gasteiger charge is 2.25. The number of rotatable bonds is 2. The topological polar surface area (TPSA) is 65.2 Å². The van der Waals surface area contributed by atoms with Gasteiger partial charge in [0.2, 0.25) is 5.91 Å². The normalized spacial score (nSPS) is 19.4. The first-order valence-corrected chi connectivity index (χ1v) is 5.02. The molecule has 4 heteroatoms. The van der Waals surface area contributed by atoms with Crippen LogP contribution in [0.15, 0.2) is 12.3 Å². The van der Waals surface area contributed by atoms with Gasteiger partial charge in [0.15, 0.2) is 0 Å². The molecule has 2 rings (SSSR count). The smallest absolute Gasteiger partial charge is 0.220 e. The number of nitrogens with two attached hydrogens (primary N) is 1. The highest BCUT2D eigenvalue weighted by molar-refractivity contribution is 5.77. The highest BCUT2D eigenvalue weighted by atomic mass is 16.5. The van der Waals surface area contributed by atoms with Crippen LogP contribution in [0.3, 0.4) is 0 Å². The number of pyridine rings is 1. The minimum atomic E-state index is -0.230. The summed E-state index contributed by atoms with van der Waals surface area (Å²) in [6.45, 7) is 0. The van der Waals surface area contributed by atoms with Crippen LogP contribution in [-0.4, -0.2) is 18.0 Å². The molecule has 1 unspecified atom stereocenters. The molecule has 0 fully saturated rings. The van der Waals surface area contributed by atoms with Gasteiger partial charge in [-0.3, -0.25) is 9.78 Å². The first-order chi connectivity index (χ1) is 7.22. The number of methoxy groups -OCH3 is 1. The van der Waals surface area contributed by atoms with Gasteiger partial charge in [-0.15, -0.1) is 0 Å². The molecule has 4 nitrogen and oxygen atoms in total. The Kier molecular flexibility index (Phi) is 2.58. The zero-order chi connectivity index (χ0) is 10.8. The standard InChI is InChI=1S/C11H14N2O2/c1-15-10-4-5-13-9-3-2-7(11(12)14)6-8(9)10/h4-5,7H,2-3,6H2,1H3,(H2,12,14). The molecule has 1 aliphatic carbocycles. The number of fused-ring (bicyclic) bond motifs is 1. The van der Waals surface area contributed by atoms with Crippen molar-refractivity contribution < 1.29 is 9.53 Å². The first kappa shape index (κ1) is 9.96. The third kappa shape index (κ3) is 1.79. The number of carbonyl (C=O) groups excluding carboxylic acids is 1. The number of aryl methyl sites for hydroxylation is 1. The van der Waals surface area contributed by atoms with Gasteiger partial charge in [-0.05, 0) is 25.3 Å². The van der Waals surface area contributed by atoms with Gasteiger partial charge in [-0.2, -0.15) is 0 Å². The van der Waals surface area contributed by atoms with Crippen molar-refractivity contribution in [2.75, 3.05) is 7.11 Å². The second-order valence-electron chi connectivity index (χ2n) is 3.78. The molecule has 15 heavy (non-hydrogen) atoms. The molecule has 2 N–H and O–H groups in total. The van der Waals surface area contributed by atoms with Crippen LogP contribution in [0.1, 0.15) is 17.7 Å². The quantitative estimate of drug-likeness (QED) is 0.773. The van der Waals surface area contributed by atoms with E-state index in [2.05, 4.69) is 4.98 Å². The molecular weight excluding hydrogens is 192 g/mol. The molecule has 0 bridgehead atoms. The summed E-state index contributed by atoms with van der Waals surface area (Å²) in [7, 11) is 1.63. The van der Waals surface area contributed by atoms with Crippen molar-refractivity contribution >= 4 is 5.91 Å². The number of carbonyl (C=O) groups is 1. The average Bonchev–Trinajstić information content (AvgIpc) is 2.27. The number of amides is 1. The Morgan fingerprint density at radius 3 is 3.13 bits per heavy atom. The van der Waals surface area contributed by atoms with E-state index in [0.29, 0.717) is 6.42 Å². The largest absolute Gasteiger partial charge is 0.496 e. The summed E-state index contributed by atoms with van der Waals surface area (Å²) in [5.41, 5.74) is 7.39. The van der Waals surface area contributed by atoms with Gasteiger partial charge >= 0.3 is 0 Å².